The zero-order valence-corrected chi connectivity index (χ0v) is 10.1. The Bertz CT molecular complexity index is 372. The number of carbonyl (C=O) groups excluding carboxylic acids is 1. The molecular formula is C13H19NO2. The molecule has 0 saturated heterocycles. The van der Waals surface area contributed by atoms with Crippen LogP contribution in [0.2, 0.25) is 0 Å². The minimum Gasteiger partial charge on any atom is -0.496 e. The van der Waals surface area contributed by atoms with E-state index in [0.29, 0.717) is 24.3 Å². The Morgan fingerprint density at radius 3 is 2.56 bits per heavy atom. The first-order valence-corrected chi connectivity index (χ1v) is 5.41. The first-order valence-electron chi connectivity index (χ1n) is 5.41. The van der Waals surface area contributed by atoms with Gasteiger partial charge < -0.3 is 10.5 Å². The van der Waals surface area contributed by atoms with Gasteiger partial charge in [0.15, 0.2) is 5.78 Å². The molecule has 0 fully saturated rings. The third kappa shape index (κ3) is 2.61. The van der Waals surface area contributed by atoms with Gasteiger partial charge in [-0.25, -0.2) is 0 Å². The van der Waals surface area contributed by atoms with Crippen LogP contribution in [0.15, 0.2) is 24.3 Å². The fourth-order valence-electron chi connectivity index (χ4n) is 1.67. The lowest BCUT2D eigenvalue weighted by Gasteiger charge is -2.23. The second-order valence-electron chi connectivity index (χ2n) is 4.45. The third-order valence-corrected chi connectivity index (χ3v) is 2.74. The van der Waals surface area contributed by atoms with Crippen LogP contribution in [0.1, 0.15) is 30.6 Å². The molecule has 0 atom stereocenters. The molecule has 0 saturated carbocycles. The van der Waals surface area contributed by atoms with Crippen LogP contribution in [-0.2, 0) is 0 Å². The van der Waals surface area contributed by atoms with E-state index >= 15 is 0 Å². The van der Waals surface area contributed by atoms with E-state index in [4.69, 9.17) is 10.5 Å². The van der Waals surface area contributed by atoms with Crippen molar-refractivity contribution in [2.24, 2.45) is 11.1 Å². The molecule has 2 N–H and O–H groups in total. The van der Waals surface area contributed by atoms with E-state index in [1.165, 1.54) is 0 Å². The van der Waals surface area contributed by atoms with Gasteiger partial charge in [0.2, 0.25) is 0 Å². The molecule has 1 aromatic carbocycles. The molecule has 88 valence electrons. The quantitative estimate of drug-likeness (QED) is 0.776. The number of Topliss-reactive ketones (excluding diaryl/α,β-unsaturated/α-hetero) is 1. The molecule has 0 aliphatic heterocycles. The molecule has 0 bridgehead atoms. The van der Waals surface area contributed by atoms with Crippen LogP contribution in [-0.4, -0.2) is 19.4 Å². The predicted octanol–water partition coefficient (Wildman–Crippen LogP) is 2.25. The molecule has 0 aliphatic rings. The van der Waals surface area contributed by atoms with Crippen LogP contribution in [0.3, 0.4) is 0 Å². The van der Waals surface area contributed by atoms with E-state index in [0.717, 1.165) is 0 Å². The van der Waals surface area contributed by atoms with Gasteiger partial charge >= 0.3 is 0 Å². The van der Waals surface area contributed by atoms with Gasteiger partial charge in [0, 0.05) is 5.41 Å². The predicted molar refractivity (Wildman–Crippen MR) is 64.8 cm³/mol. The topological polar surface area (TPSA) is 52.3 Å². The molecule has 1 aromatic rings. The molecule has 0 heterocycles. The number of ether oxygens (including phenoxy) is 1. The molecule has 0 aromatic heterocycles. The van der Waals surface area contributed by atoms with E-state index in [2.05, 4.69) is 0 Å². The summed E-state index contributed by atoms with van der Waals surface area (Å²) in [5.41, 5.74) is 5.70. The number of benzene rings is 1. The van der Waals surface area contributed by atoms with Crippen LogP contribution in [0.4, 0.5) is 0 Å². The Morgan fingerprint density at radius 2 is 2.00 bits per heavy atom. The highest BCUT2D eigenvalue weighted by Crippen LogP contribution is 2.29. The summed E-state index contributed by atoms with van der Waals surface area (Å²) in [5, 5.41) is 0. The summed E-state index contributed by atoms with van der Waals surface area (Å²) in [6.07, 6.45) is 0.671. The van der Waals surface area contributed by atoms with Gasteiger partial charge in [0.1, 0.15) is 5.75 Å². The van der Waals surface area contributed by atoms with Crippen molar-refractivity contribution in [2.75, 3.05) is 13.7 Å². The van der Waals surface area contributed by atoms with Crippen LogP contribution < -0.4 is 10.5 Å². The summed E-state index contributed by atoms with van der Waals surface area (Å²) in [5.74, 6) is 0.702. The van der Waals surface area contributed by atoms with Crippen molar-refractivity contribution in [3.8, 4) is 5.75 Å². The molecule has 3 nitrogen and oxygen atoms in total. The number of para-hydroxylation sites is 1. The maximum absolute atomic E-state index is 12.3. The van der Waals surface area contributed by atoms with Gasteiger partial charge in [0.25, 0.3) is 0 Å². The van der Waals surface area contributed by atoms with Crippen molar-refractivity contribution in [2.45, 2.75) is 20.3 Å². The Hall–Kier alpha value is -1.35. The number of hydrogen-bond donors (Lipinski definition) is 1. The molecule has 0 aliphatic carbocycles. The monoisotopic (exact) mass is 221 g/mol. The number of ketones is 1. The molecule has 0 spiro atoms. The molecule has 0 radical (unpaired) electrons. The van der Waals surface area contributed by atoms with Crippen LogP contribution in [0, 0.1) is 5.41 Å². The van der Waals surface area contributed by atoms with Crippen molar-refractivity contribution in [3.63, 3.8) is 0 Å². The van der Waals surface area contributed by atoms with Crippen LogP contribution >= 0.6 is 0 Å². The minimum absolute atomic E-state index is 0.0791. The van der Waals surface area contributed by atoms with Crippen molar-refractivity contribution in [1.82, 2.24) is 0 Å². The highest BCUT2D eigenvalue weighted by atomic mass is 16.5. The zero-order valence-electron chi connectivity index (χ0n) is 10.1. The summed E-state index contributed by atoms with van der Waals surface area (Å²) in [4.78, 5) is 12.3. The SMILES string of the molecule is COc1ccccc1C(=O)C(C)(C)CCN. The first-order chi connectivity index (χ1) is 7.53. The highest BCUT2D eigenvalue weighted by Gasteiger charge is 2.29. The maximum atomic E-state index is 12.3. The lowest BCUT2D eigenvalue weighted by atomic mass is 9.81. The summed E-state index contributed by atoms with van der Waals surface area (Å²) < 4.78 is 5.19. The van der Waals surface area contributed by atoms with Gasteiger partial charge in [-0.2, -0.15) is 0 Å². The van der Waals surface area contributed by atoms with Gasteiger partial charge in [0.05, 0.1) is 12.7 Å². The number of methoxy groups -OCH3 is 1. The lowest BCUT2D eigenvalue weighted by Crippen LogP contribution is -2.27. The first kappa shape index (κ1) is 12.7. The van der Waals surface area contributed by atoms with Crippen LogP contribution in [0.5, 0.6) is 5.75 Å². The molecule has 1 rings (SSSR count). The lowest BCUT2D eigenvalue weighted by molar-refractivity contribution is 0.0826. The average molecular weight is 221 g/mol. The fraction of sp³-hybridized carbons (Fsp3) is 0.462. The van der Waals surface area contributed by atoms with Crippen LogP contribution in [0.25, 0.3) is 0 Å². The fourth-order valence-corrected chi connectivity index (χ4v) is 1.67. The molecule has 3 heteroatoms. The average Bonchev–Trinajstić information content (AvgIpc) is 2.28. The van der Waals surface area contributed by atoms with Gasteiger partial charge in [-0.05, 0) is 25.1 Å². The van der Waals surface area contributed by atoms with Gasteiger partial charge in [-0.3, -0.25) is 4.79 Å². The summed E-state index contributed by atoms with van der Waals surface area (Å²) in [6.45, 7) is 4.33. The molecule has 0 amide bonds. The number of rotatable bonds is 5. The van der Waals surface area contributed by atoms with E-state index in [1.54, 1.807) is 19.2 Å². The largest absolute Gasteiger partial charge is 0.496 e. The number of nitrogens with two attached hydrogens (primary N) is 1. The Balaban J connectivity index is 3.04. The van der Waals surface area contributed by atoms with E-state index in [9.17, 15) is 4.79 Å². The second kappa shape index (κ2) is 5.12. The standard InChI is InChI=1S/C13H19NO2/c1-13(2,8-9-14)12(15)10-6-4-5-7-11(10)16-3/h4-7H,8-9,14H2,1-3H3. The highest BCUT2D eigenvalue weighted by molar-refractivity contribution is 6.02. The Morgan fingerprint density at radius 1 is 1.38 bits per heavy atom. The summed E-state index contributed by atoms with van der Waals surface area (Å²) in [6, 6.07) is 7.28. The summed E-state index contributed by atoms with van der Waals surface area (Å²) >= 11 is 0. The molecular weight excluding hydrogens is 202 g/mol. The minimum atomic E-state index is -0.441. The van der Waals surface area contributed by atoms with Crippen molar-refractivity contribution in [1.29, 1.82) is 0 Å². The Kier molecular flexibility index (Phi) is 4.07. The smallest absolute Gasteiger partial charge is 0.172 e. The van der Waals surface area contributed by atoms with E-state index < -0.39 is 5.41 Å². The second-order valence-corrected chi connectivity index (χ2v) is 4.45. The van der Waals surface area contributed by atoms with Crippen molar-refractivity contribution < 1.29 is 9.53 Å². The maximum Gasteiger partial charge on any atom is 0.172 e. The Labute approximate surface area is 96.6 Å². The molecule has 16 heavy (non-hydrogen) atoms. The zero-order chi connectivity index (χ0) is 12.2. The van der Waals surface area contributed by atoms with Crippen molar-refractivity contribution >= 4 is 5.78 Å². The van der Waals surface area contributed by atoms with E-state index in [-0.39, 0.29) is 5.78 Å². The normalized spacial score (nSPS) is 11.2. The van der Waals surface area contributed by atoms with Crippen molar-refractivity contribution in [3.05, 3.63) is 29.8 Å². The van der Waals surface area contributed by atoms with Gasteiger partial charge in [-0.15, -0.1) is 0 Å². The third-order valence-electron chi connectivity index (χ3n) is 2.74. The summed E-state index contributed by atoms with van der Waals surface area (Å²) in [7, 11) is 1.57. The molecule has 0 unspecified atom stereocenters. The van der Waals surface area contributed by atoms with E-state index in [1.807, 2.05) is 26.0 Å². The number of carbonyl (C=O) groups is 1. The number of hydrogen-bond acceptors (Lipinski definition) is 3. The van der Waals surface area contributed by atoms with Gasteiger partial charge in [-0.1, -0.05) is 26.0 Å².